The Morgan fingerprint density at radius 2 is 1.62 bits per heavy atom. The molecule has 2 aromatic carbocycles. The number of aryl methyl sites for hydroxylation is 1. The smallest absolute Gasteiger partial charge is 0.337 e. The van der Waals surface area contributed by atoms with Gasteiger partial charge in [0.2, 0.25) is 0 Å². The number of benzene rings is 2. The molecule has 0 aliphatic carbocycles. The number of hydrogen-bond donors (Lipinski definition) is 2. The van der Waals surface area contributed by atoms with Crippen molar-refractivity contribution in [2.24, 2.45) is 0 Å². The van der Waals surface area contributed by atoms with E-state index in [0.29, 0.717) is 5.69 Å². The Morgan fingerprint density at radius 1 is 0.952 bits per heavy atom. The molecule has 0 amide bonds. The average Bonchev–Trinajstić information content (AvgIpc) is 2.46. The fraction of sp³-hybridized carbons (Fsp3) is 0.125. The summed E-state index contributed by atoms with van der Waals surface area (Å²) in [4.78, 5) is 24.1. The quantitative estimate of drug-likeness (QED) is 0.902. The van der Waals surface area contributed by atoms with Gasteiger partial charge in [-0.15, -0.1) is 0 Å². The molecule has 2 rings (SSSR count). The molecule has 0 aliphatic heterocycles. The van der Waals surface area contributed by atoms with Crippen LogP contribution in [0.25, 0.3) is 0 Å². The molecule has 21 heavy (non-hydrogen) atoms. The van der Waals surface area contributed by atoms with Crippen LogP contribution in [0.1, 0.15) is 26.3 Å². The Bertz CT molecular complexity index is 709. The molecule has 0 aliphatic rings. The van der Waals surface area contributed by atoms with Crippen LogP contribution in [0.5, 0.6) is 0 Å². The number of rotatable bonds is 4. The third-order valence-electron chi connectivity index (χ3n) is 3.31. The minimum absolute atomic E-state index is 0.0513. The summed E-state index contributed by atoms with van der Waals surface area (Å²) in [5.41, 5.74) is 2.25. The molecule has 0 aromatic heterocycles. The minimum atomic E-state index is -1.10. The number of para-hydroxylation sites is 1. The van der Waals surface area contributed by atoms with Crippen LogP contribution in [0.15, 0.2) is 42.5 Å². The zero-order valence-corrected chi connectivity index (χ0v) is 11.7. The van der Waals surface area contributed by atoms with Crippen molar-refractivity contribution in [1.82, 2.24) is 0 Å². The van der Waals surface area contributed by atoms with Crippen molar-refractivity contribution >= 4 is 23.3 Å². The normalized spacial score (nSPS) is 10.2. The number of anilines is 2. The van der Waals surface area contributed by atoms with Crippen LogP contribution in [-0.2, 0) is 0 Å². The first-order valence-electron chi connectivity index (χ1n) is 6.32. The lowest BCUT2D eigenvalue weighted by molar-refractivity contribution is 0.0682. The Kier molecular flexibility index (Phi) is 3.93. The minimum Gasteiger partial charge on any atom is -0.478 e. The Labute approximate surface area is 122 Å². The lowest BCUT2D eigenvalue weighted by Crippen LogP contribution is -2.16. The van der Waals surface area contributed by atoms with Gasteiger partial charge in [0.25, 0.3) is 0 Å². The predicted molar refractivity (Wildman–Crippen MR) is 79.6 cm³/mol. The zero-order valence-electron chi connectivity index (χ0n) is 11.7. The lowest BCUT2D eigenvalue weighted by atomic mass is 10.1. The molecule has 2 N–H and O–H groups in total. The number of carboxylic acids is 2. The van der Waals surface area contributed by atoms with Crippen LogP contribution >= 0.6 is 0 Å². The molecule has 0 fully saturated rings. The Hall–Kier alpha value is -2.82. The summed E-state index contributed by atoms with van der Waals surface area (Å²) in [5.74, 6) is -2.19. The van der Waals surface area contributed by atoms with E-state index in [4.69, 9.17) is 5.11 Å². The maximum absolute atomic E-state index is 11.3. The molecular weight excluding hydrogens is 270 g/mol. The molecule has 0 unspecified atom stereocenters. The molecule has 0 radical (unpaired) electrons. The van der Waals surface area contributed by atoms with Crippen molar-refractivity contribution < 1.29 is 19.8 Å². The number of aromatic carboxylic acids is 2. The zero-order chi connectivity index (χ0) is 15.6. The lowest BCUT2D eigenvalue weighted by Gasteiger charge is -2.23. The highest BCUT2D eigenvalue weighted by Crippen LogP contribution is 2.30. The largest absolute Gasteiger partial charge is 0.478 e. The van der Waals surface area contributed by atoms with E-state index in [1.807, 2.05) is 31.2 Å². The number of carboxylic acid groups (broad SMARTS) is 2. The van der Waals surface area contributed by atoms with Gasteiger partial charge in [-0.3, -0.25) is 0 Å². The van der Waals surface area contributed by atoms with Gasteiger partial charge >= 0.3 is 11.9 Å². The van der Waals surface area contributed by atoms with E-state index in [9.17, 15) is 14.7 Å². The second kappa shape index (κ2) is 5.66. The predicted octanol–water partition coefficient (Wildman–Crippen LogP) is 3.16. The van der Waals surface area contributed by atoms with Gasteiger partial charge in [-0.25, -0.2) is 9.59 Å². The third kappa shape index (κ3) is 2.86. The molecule has 5 nitrogen and oxygen atoms in total. The van der Waals surface area contributed by atoms with Crippen molar-refractivity contribution in [2.75, 3.05) is 11.9 Å². The van der Waals surface area contributed by atoms with E-state index in [-0.39, 0.29) is 11.1 Å². The first-order valence-corrected chi connectivity index (χ1v) is 6.32. The van der Waals surface area contributed by atoms with E-state index in [0.717, 1.165) is 11.3 Å². The number of carbonyl (C=O) groups is 2. The number of nitrogens with zero attached hydrogens (tertiary/aromatic N) is 1. The third-order valence-corrected chi connectivity index (χ3v) is 3.31. The molecular formula is C16H15NO4. The van der Waals surface area contributed by atoms with Gasteiger partial charge < -0.3 is 15.1 Å². The average molecular weight is 285 g/mol. The first-order chi connectivity index (χ1) is 9.91. The maximum atomic E-state index is 11.3. The summed E-state index contributed by atoms with van der Waals surface area (Å²) in [6.07, 6.45) is 0. The number of hydrogen-bond acceptors (Lipinski definition) is 3. The standard InChI is InChI=1S/C16H15NO4/c1-10-5-3-4-6-13(10)17(2)14-9-11(15(18)19)7-8-12(14)16(20)21/h3-9H,1-2H3,(H,18,19)(H,20,21). The molecule has 0 atom stereocenters. The van der Waals surface area contributed by atoms with E-state index in [1.165, 1.54) is 18.2 Å². The maximum Gasteiger partial charge on any atom is 0.337 e. The van der Waals surface area contributed by atoms with Crippen LogP contribution < -0.4 is 4.90 Å². The topological polar surface area (TPSA) is 77.8 Å². The van der Waals surface area contributed by atoms with Crippen LogP contribution in [0, 0.1) is 6.92 Å². The van der Waals surface area contributed by atoms with Crippen LogP contribution in [0.4, 0.5) is 11.4 Å². The van der Waals surface area contributed by atoms with Gasteiger partial charge in [0.1, 0.15) is 0 Å². The van der Waals surface area contributed by atoms with Gasteiger partial charge in [-0.2, -0.15) is 0 Å². The van der Waals surface area contributed by atoms with Crippen LogP contribution in [0.3, 0.4) is 0 Å². The van der Waals surface area contributed by atoms with E-state index < -0.39 is 11.9 Å². The summed E-state index contributed by atoms with van der Waals surface area (Å²) >= 11 is 0. The molecule has 2 aromatic rings. The molecule has 0 heterocycles. The molecule has 108 valence electrons. The summed E-state index contributed by atoms with van der Waals surface area (Å²) in [6, 6.07) is 11.5. The van der Waals surface area contributed by atoms with Crippen molar-refractivity contribution in [3.05, 3.63) is 59.2 Å². The summed E-state index contributed by atoms with van der Waals surface area (Å²) in [6.45, 7) is 1.91. The second-order valence-corrected chi connectivity index (χ2v) is 4.69. The van der Waals surface area contributed by atoms with Gasteiger partial charge in [0.15, 0.2) is 0 Å². The summed E-state index contributed by atoms with van der Waals surface area (Å²) in [5, 5.41) is 18.4. The summed E-state index contributed by atoms with van der Waals surface area (Å²) < 4.78 is 0. The van der Waals surface area contributed by atoms with Crippen molar-refractivity contribution in [2.45, 2.75) is 6.92 Å². The molecule has 5 heteroatoms. The van der Waals surface area contributed by atoms with Gasteiger partial charge in [-0.05, 0) is 36.8 Å². The van der Waals surface area contributed by atoms with Crippen LogP contribution in [0.2, 0.25) is 0 Å². The highest BCUT2D eigenvalue weighted by Gasteiger charge is 2.18. The van der Waals surface area contributed by atoms with Crippen LogP contribution in [-0.4, -0.2) is 29.2 Å². The molecule has 0 saturated heterocycles. The van der Waals surface area contributed by atoms with E-state index in [2.05, 4.69) is 0 Å². The van der Waals surface area contributed by atoms with E-state index in [1.54, 1.807) is 11.9 Å². The van der Waals surface area contributed by atoms with Gasteiger partial charge in [0.05, 0.1) is 16.8 Å². The SMILES string of the molecule is Cc1ccccc1N(C)c1cc(C(=O)O)ccc1C(=O)O. The highest BCUT2D eigenvalue weighted by molar-refractivity contribution is 5.98. The monoisotopic (exact) mass is 285 g/mol. The fourth-order valence-corrected chi connectivity index (χ4v) is 2.19. The van der Waals surface area contributed by atoms with E-state index >= 15 is 0 Å². The molecule has 0 bridgehead atoms. The van der Waals surface area contributed by atoms with Crippen molar-refractivity contribution in [3.8, 4) is 0 Å². The van der Waals surface area contributed by atoms with Gasteiger partial charge in [-0.1, -0.05) is 18.2 Å². The molecule has 0 spiro atoms. The highest BCUT2D eigenvalue weighted by atomic mass is 16.4. The van der Waals surface area contributed by atoms with Gasteiger partial charge in [0, 0.05) is 12.7 Å². The Morgan fingerprint density at radius 3 is 2.19 bits per heavy atom. The Balaban J connectivity index is 2.60. The van der Waals surface area contributed by atoms with Crippen molar-refractivity contribution in [1.29, 1.82) is 0 Å². The second-order valence-electron chi connectivity index (χ2n) is 4.69. The summed E-state index contributed by atoms with van der Waals surface area (Å²) in [7, 11) is 1.72. The molecule has 0 saturated carbocycles. The van der Waals surface area contributed by atoms with Crippen molar-refractivity contribution in [3.63, 3.8) is 0 Å². The first kappa shape index (κ1) is 14.6. The fourth-order valence-electron chi connectivity index (χ4n) is 2.19.